The first-order valence-corrected chi connectivity index (χ1v) is 24.9. The fourth-order valence-corrected chi connectivity index (χ4v) is 12.8. The molecule has 3 amide bonds. The molecule has 0 radical (unpaired) electrons. The van der Waals surface area contributed by atoms with Gasteiger partial charge in [0.25, 0.3) is 0 Å². The number of methoxy groups -OCH3 is 1. The number of phosphoric ester groups is 1. The van der Waals surface area contributed by atoms with Crippen LogP contribution >= 0.6 is 35.1 Å². The lowest BCUT2D eigenvalue weighted by Crippen LogP contribution is -2.63. The number of aliphatic carboxylic acids is 1. The lowest BCUT2D eigenvalue weighted by Gasteiger charge is -2.59. The molecular weight excluding hydrogens is 953 g/mol. The molecule has 354 valence electrons. The lowest BCUT2D eigenvalue weighted by molar-refractivity contribution is -0.200. The van der Waals surface area contributed by atoms with E-state index in [1.807, 2.05) is 24.4 Å². The second kappa shape index (κ2) is 19.8. The van der Waals surface area contributed by atoms with Gasteiger partial charge in [-0.05, 0) is 67.0 Å². The topological polar surface area (TPSA) is 266 Å². The standard InChI is InChI=1S/C44H55BrN3O15PS/c1-42-13-5-14-60-15-12-26(42)8-9-28-29-18-33-44(32(50)22-61-64(56,57)58,43(29,2)19-31(49)37(28)42)63-41(62-33)39-38(59-3)25(23-65-39)16-24-6-4-7-27(17-24)47-40(55)30(10-11-36(53)54)48-35(52)21-46-34(51)20-45/h4-7,12-13,17,23,28-31,33,37,41,49H,8-11,14-16,18-22H2,1-3H3,(H,46,51)(H,47,55)(H,48,52)(H,53,54)(H2,56,57,58)/b13-5-,26-12-/t28-,29-,30-,31-,33+,37+,41+,42-,43-,44+/m0/s1. The van der Waals surface area contributed by atoms with Crippen molar-refractivity contribution in [3.05, 3.63) is 69.5 Å². The van der Waals surface area contributed by atoms with Gasteiger partial charge >= 0.3 is 13.8 Å². The normalized spacial score (nSPS) is 32.1. The minimum Gasteiger partial charge on any atom is -0.495 e. The van der Waals surface area contributed by atoms with Crippen LogP contribution in [0.1, 0.15) is 74.7 Å². The highest BCUT2D eigenvalue weighted by Crippen LogP contribution is 2.71. The zero-order chi connectivity index (χ0) is 46.9. The van der Waals surface area contributed by atoms with Gasteiger partial charge in [-0.15, -0.1) is 11.3 Å². The Morgan fingerprint density at radius 1 is 1.12 bits per heavy atom. The Hall–Kier alpha value is -3.82. The zero-order valence-electron chi connectivity index (χ0n) is 36.2. The van der Waals surface area contributed by atoms with Crippen molar-refractivity contribution in [1.29, 1.82) is 0 Å². The highest BCUT2D eigenvalue weighted by Gasteiger charge is 2.76. The molecule has 3 heterocycles. The number of carboxylic acid groups (broad SMARTS) is 1. The molecule has 10 atom stereocenters. The lowest BCUT2D eigenvalue weighted by atomic mass is 9.46. The van der Waals surface area contributed by atoms with Crippen molar-refractivity contribution in [2.75, 3.05) is 44.1 Å². The monoisotopic (exact) mass is 1010 g/mol. The third-order valence-corrected chi connectivity index (χ3v) is 16.0. The molecule has 5 aliphatic rings. The predicted molar refractivity (Wildman–Crippen MR) is 238 cm³/mol. The highest BCUT2D eigenvalue weighted by molar-refractivity contribution is 9.09. The minimum atomic E-state index is -5.06. The number of hydrogen-bond donors (Lipinski definition) is 7. The van der Waals surface area contributed by atoms with Gasteiger partial charge in [-0.2, -0.15) is 0 Å². The predicted octanol–water partition coefficient (Wildman–Crippen LogP) is 4.31. The molecule has 4 fully saturated rings. The molecule has 7 N–H and O–H groups in total. The molecule has 7 rings (SSSR count). The Morgan fingerprint density at radius 2 is 1.91 bits per heavy atom. The number of anilines is 1. The Morgan fingerprint density at radius 3 is 2.63 bits per heavy atom. The second-order valence-electron chi connectivity index (χ2n) is 17.7. The third kappa shape index (κ3) is 9.94. The van der Waals surface area contributed by atoms with E-state index in [0.29, 0.717) is 42.4 Å². The van der Waals surface area contributed by atoms with E-state index < -0.39 is 97.8 Å². The van der Waals surface area contributed by atoms with Crippen LogP contribution in [0.4, 0.5) is 5.69 Å². The van der Waals surface area contributed by atoms with Crippen molar-refractivity contribution in [2.24, 2.45) is 28.6 Å². The summed E-state index contributed by atoms with van der Waals surface area (Å²) in [6.07, 6.45) is 5.25. The number of Topliss-reactive ketones (excluding diaryl/α,β-unsaturated/α-hetero) is 1. The van der Waals surface area contributed by atoms with Gasteiger partial charge in [0.1, 0.15) is 23.3 Å². The van der Waals surface area contributed by atoms with E-state index in [-0.39, 0.29) is 35.9 Å². The van der Waals surface area contributed by atoms with E-state index in [9.17, 15) is 48.5 Å². The quantitative estimate of drug-likeness (QED) is 0.0662. The Bertz CT molecular complexity index is 2280. The van der Waals surface area contributed by atoms with Gasteiger partial charge in [0, 0.05) is 40.8 Å². The van der Waals surface area contributed by atoms with E-state index in [1.54, 1.807) is 18.2 Å². The first-order chi connectivity index (χ1) is 30.8. The number of hydrogen-bond acceptors (Lipinski definition) is 13. The number of rotatable bonds is 17. The third-order valence-electron chi connectivity index (χ3n) is 13.9. The summed E-state index contributed by atoms with van der Waals surface area (Å²) in [5.74, 6) is -3.53. The van der Waals surface area contributed by atoms with Crippen LogP contribution in [0.3, 0.4) is 0 Å². The van der Waals surface area contributed by atoms with E-state index in [4.69, 9.17) is 23.5 Å². The van der Waals surface area contributed by atoms with Gasteiger partial charge in [-0.25, -0.2) is 4.57 Å². The highest BCUT2D eigenvalue weighted by atomic mass is 79.9. The number of carbonyl (C=O) groups excluding carboxylic acids is 4. The number of phosphoric acid groups is 1. The fraction of sp³-hybridized carbons (Fsp3) is 0.568. The number of aliphatic hydroxyl groups is 1. The molecule has 0 spiro atoms. The minimum absolute atomic E-state index is 0.0248. The van der Waals surface area contributed by atoms with Crippen LogP contribution in [-0.4, -0.2) is 112 Å². The molecule has 0 bridgehead atoms. The summed E-state index contributed by atoms with van der Waals surface area (Å²) < 4.78 is 42.0. The van der Waals surface area contributed by atoms with Crippen LogP contribution in [-0.2, 0) is 53.7 Å². The van der Waals surface area contributed by atoms with Crippen molar-refractivity contribution in [1.82, 2.24) is 10.6 Å². The van der Waals surface area contributed by atoms with E-state index >= 15 is 0 Å². The number of nitrogens with one attached hydrogen (secondary N) is 3. The van der Waals surface area contributed by atoms with Crippen LogP contribution in [0.15, 0.2) is 53.4 Å². The number of amides is 3. The maximum Gasteiger partial charge on any atom is 0.470 e. The molecule has 0 unspecified atom stereocenters. The van der Waals surface area contributed by atoms with Gasteiger partial charge < -0.3 is 54.9 Å². The maximum atomic E-state index is 14.6. The number of carboxylic acids is 1. The number of benzene rings is 1. The van der Waals surface area contributed by atoms with Crippen LogP contribution in [0.5, 0.6) is 5.75 Å². The summed E-state index contributed by atoms with van der Waals surface area (Å²) in [5.41, 5.74) is -0.166. The average molecular weight is 1010 g/mol. The summed E-state index contributed by atoms with van der Waals surface area (Å²) >= 11 is 4.27. The Kier molecular flexibility index (Phi) is 15.0. The van der Waals surface area contributed by atoms with Gasteiger partial charge in [0.15, 0.2) is 17.7 Å². The Labute approximate surface area is 388 Å². The van der Waals surface area contributed by atoms with Gasteiger partial charge in [0.05, 0.1) is 44.4 Å². The number of carbonyl (C=O) groups is 5. The molecule has 18 nitrogen and oxygen atoms in total. The summed E-state index contributed by atoms with van der Waals surface area (Å²) in [4.78, 5) is 83.2. The Balaban J connectivity index is 1.12. The van der Waals surface area contributed by atoms with Gasteiger partial charge in [-0.3, -0.25) is 28.5 Å². The van der Waals surface area contributed by atoms with Crippen molar-refractivity contribution >= 4 is 70.3 Å². The molecule has 21 heteroatoms. The van der Waals surface area contributed by atoms with E-state index in [2.05, 4.69) is 51.0 Å². The smallest absolute Gasteiger partial charge is 0.470 e. The molecule has 2 aromatic rings. The first kappa shape index (κ1) is 49.1. The largest absolute Gasteiger partial charge is 0.495 e. The molecular formula is C44H55BrN3O15PS. The first-order valence-electron chi connectivity index (χ1n) is 21.4. The van der Waals surface area contributed by atoms with E-state index in [0.717, 1.165) is 24.0 Å². The molecule has 3 saturated carbocycles. The molecule has 3 aliphatic carbocycles. The summed E-state index contributed by atoms with van der Waals surface area (Å²) in [6, 6.07) is 5.70. The number of aliphatic hydroxyl groups excluding tert-OH is 1. The van der Waals surface area contributed by atoms with Crippen LogP contribution < -0.4 is 20.7 Å². The molecule has 65 heavy (non-hydrogen) atoms. The van der Waals surface area contributed by atoms with Crippen molar-refractivity contribution in [2.45, 2.75) is 88.9 Å². The van der Waals surface area contributed by atoms with Crippen LogP contribution in [0.2, 0.25) is 0 Å². The average Bonchev–Trinajstić information content (AvgIpc) is 3.90. The van der Waals surface area contributed by atoms with Crippen molar-refractivity contribution in [3.8, 4) is 5.75 Å². The van der Waals surface area contributed by atoms with Gasteiger partial charge in [0.2, 0.25) is 17.7 Å². The van der Waals surface area contributed by atoms with E-state index in [1.165, 1.54) is 24.0 Å². The molecule has 2 aliphatic heterocycles. The number of thiophene rings is 1. The van der Waals surface area contributed by atoms with Gasteiger partial charge in [-0.1, -0.05) is 65.7 Å². The number of allylic oxidation sites excluding steroid dienone is 2. The number of halogens is 1. The summed E-state index contributed by atoms with van der Waals surface area (Å²) in [5, 5.41) is 30.9. The molecule has 1 aromatic heterocycles. The zero-order valence-corrected chi connectivity index (χ0v) is 39.5. The number of ketones is 1. The number of ether oxygens (including phenoxy) is 4. The van der Waals surface area contributed by atoms with Crippen LogP contribution in [0, 0.1) is 28.6 Å². The summed E-state index contributed by atoms with van der Waals surface area (Å²) in [7, 11) is -3.57. The van der Waals surface area contributed by atoms with Crippen molar-refractivity contribution < 1.29 is 72.0 Å². The summed E-state index contributed by atoms with van der Waals surface area (Å²) in [6.45, 7) is 3.68. The SMILES string of the molecule is COc1c(Cc2cccc(NC(=O)[C@H](CCC(=O)O)NC(=O)CNC(=O)CBr)c2)csc1[C@@H]1O[C@@H]2C[C@H]3[C@@H]4CC/C5=C/COC/C=C\[C@]5(C)[C@H]4[C@@H](O)C[C@]3(C)[C@]2(C(=O)COP(=O)(O)O)O1. The fourth-order valence-electron chi connectivity index (χ4n) is 11.3. The second-order valence-corrected chi connectivity index (χ2v) is 20.4. The maximum absolute atomic E-state index is 14.6. The number of fused-ring (bicyclic) bond motifs is 7. The molecule has 1 aromatic carbocycles. The number of alkyl halides is 1. The van der Waals surface area contributed by atoms with Crippen molar-refractivity contribution in [3.63, 3.8) is 0 Å². The van der Waals surface area contributed by atoms with Crippen LogP contribution in [0.25, 0.3) is 0 Å². The molecule has 1 saturated heterocycles.